The molecule has 5 rings (SSSR count). The zero-order valence-electron chi connectivity index (χ0n) is 15.6. The van der Waals surface area contributed by atoms with Crippen LogP contribution >= 0.6 is 0 Å². The zero-order valence-corrected chi connectivity index (χ0v) is 15.6. The van der Waals surface area contributed by atoms with E-state index in [9.17, 15) is 9.50 Å². The summed E-state index contributed by atoms with van der Waals surface area (Å²) < 4.78 is 14.7. The largest absolute Gasteiger partial charge is 0.507 e. The van der Waals surface area contributed by atoms with Gasteiger partial charge in [0.05, 0.1) is 11.4 Å². The van der Waals surface area contributed by atoms with Crippen LogP contribution in [0, 0.1) is 0 Å². The van der Waals surface area contributed by atoms with Gasteiger partial charge in [0, 0.05) is 34.9 Å². The van der Waals surface area contributed by atoms with Crippen molar-refractivity contribution in [2.45, 2.75) is 43.9 Å². The molecule has 2 N–H and O–H groups in total. The number of fused-ring (bicyclic) bond motifs is 3. The van der Waals surface area contributed by atoms with Crippen molar-refractivity contribution >= 4 is 16.8 Å². The van der Waals surface area contributed by atoms with Crippen LogP contribution in [0.4, 0.5) is 4.39 Å². The highest BCUT2D eigenvalue weighted by Gasteiger charge is 2.45. The van der Waals surface area contributed by atoms with Gasteiger partial charge in [0.2, 0.25) is 0 Å². The highest BCUT2D eigenvalue weighted by Crippen LogP contribution is 2.40. The number of nitrogens with zero attached hydrogens (tertiary/aromatic N) is 3. The molecule has 2 fully saturated rings. The van der Waals surface area contributed by atoms with Gasteiger partial charge in [-0.15, -0.1) is 5.10 Å². The van der Waals surface area contributed by atoms with Crippen LogP contribution in [0.15, 0.2) is 48.3 Å². The minimum atomic E-state index is -0.977. The summed E-state index contributed by atoms with van der Waals surface area (Å²) in [4.78, 5) is 4.07. The Labute approximate surface area is 162 Å². The van der Waals surface area contributed by atoms with Crippen LogP contribution in [0.5, 0.6) is 5.75 Å². The molecule has 3 atom stereocenters. The molecule has 6 heteroatoms. The number of hydrogen-bond donors (Lipinski definition) is 2. The first-order chi connectivity index (χ1) is 13.5. The van der Waals surface area contributed by atoms with Gasteiger partial charge in [0.25, 0.3) is 0 Å². The molecule has 0 radical (unpaired) electrons. The van der Waals surface area contributed by atoms with Crippen molar-refractivity contribution in [3.05, 3.63) is 54.0 Å². The Morgan fingerprint density at radius 3 is 2.93 bits per heavy atom. The molecule has 3 aromatic rings. The molecule has 142 valence electrons. The van der Waals surface area contributed by atoms with E-state index in [1.54, 1.807) is 18.5 Å². The summed E-state index contributed by atoms with van der Waals surface area (Å²) in [6.07, 6.45) is 6.82. The highest BCUT2D eigenvalue weighted by atomic mass is 19.1. The number of hydrogen-bond acceptors (Lipinski definition) is 5. The monoisotopic (exact) mass is 376 g/mol. The number of aromatic nitrogens is 3. The predicted molar refractivity (Wildman–Crippen MR) is 106 cm³/mol. The van der Waals surface area contributed by atoms with Crippen LogP contribution in [-0.2, 0) is 0 Å². The van der Waals surface area contributed by atoms with Gasteiger partial charge in [-0.2, -0.15) is 5.10 Å². The van der Waals surface area contributed by atoms with Gasteiger partial charge in [-0.05, 0) is 73.6 Å². The number of aromatic hydroxyl groups is 1. The van der Waals surface area contributed by atoms with E-state index in [0.717, 1.165) is 29.2 Å². The number of nitrogens with one attached hydrogen (secondary N) is 1. The fourth-order valence-corrected chi connectivity index (χ4v) is 4.44. The molecule has 5 nitrogen and oxygen atoms in total. The molecule has 0 amide bonds. The fourth-order valence-electron chi connectivity index (χ4n) is 4.44. The second kappa shape index (κ2) is 6.34. The Kier molecular flexibility index (Phi) is 3.91. The molecule has 4 heterocycles. The number of benzene rings is 1. The van der Waals surface area contributed by atoms with Gasteiger partial charge in [-0.1, -0.05) is 0 Å². The molecular weight excluding hydrogens is 355 g/mol. The molecule has 2 saturated heterocycles. The third-order valence-electron chi connectivity index (χ3n) is 5.89. The second-order valence-corrected chi connectivity index (χ2v) is 8.08. The summed E-state index contributed by atoms with van der Waals surface area (Å²) in [7, 11) is 0. The Bertz CT molecular complexity index is 1080. The van der Waals surface area contributed by atoms with Gasteiger partial charge in [-0.25, -0.2) is 4.39 Å². The summed E-state index contributed by atoms with van der Waals surface area (Å²) >= 11 is 0. The van der Waals surface area contributed by atoms with E-state index in [1.165, 1.54) is 0 Å². The molecular formula is C22H21FN4O. The van der Waals surface area contributed by atoms with Gasteiger partial charge in [-0.3, -0.25) is 4.98 Å². The van der Waals surface area contributed by atoms with Crippen molar-refractivity contribution in [1.82, 2.24) is 20.5 Å². The van der Waals surface area contributed by atoms with Gasteiger partial charge < -0.3 is 10.4 Å². The SMILES string of the molecule is C[C@@]12CCC(N1)[C@@H](F)/C(=C\c1ccc(-c3cc4ccncc4cc3O)nn1)C2. The lowest BCUT2D eigenvalue weighted by molar-refractivity contribution is 0.234. The van der Waals surface area contributed by atoms with Crippen LogP contribution in [0.2, 0.25) is 0 Å². The second-order valence-electron chi connectivity index (χ2n) is 8.08. The van der Waals surface area contributed by atoms with Crippen LogP contribution in [-0.4, -0.2) is 38.0 Å². The number of piperidine rings is 1. The number of phenols is 1. The predicted octanol–water partition coefficient (Wildman–Crippen LogP) is 4.03. The standard InChI is InChI=1S/C22H21FN4O/c1-22-6-4-19(25-22)21(23)14(11-22)8-16-2-3-18(27-26-16)17-9-13-5-7-24-12-15(13)10-20(17)28/h2-3,5,7-10,12,19,21,25,28H,4,6,11H2,1H3/b14-8-/t19?,21-,22-/m0/s1. The summed E-state index contributed by atoms with van der Waals surface area (Å²) in [6.45, 7) is 2.15. The molecule has 2 aromatic heterocycles. The molecule has 1 unspecified atom stereocenters. The van der Waals surface area contributed by atoms with Crippen molar-refractivity contribution in [2.24, 2.45) is 0 Å². The first-order valence-corrected chi connectivity index (χ1v) is 9.54. The Morgan fingerprint density at radius 2 is 2.11 bits per heavy atom. The Balaban J connectivity index is 1.46. The van der Waals surface area contributed by atoms with E-state index in [-0.39, 0.29) is 17.3 Å². The summed E-state index contributed by atoms with van der Waals surface area (Å²) in [5, 5.41) is 24.1. The van der Waals surface area contributed by atoms with E-state index in [2.05, 4.69) is 27.4 Å². The highest BCUT2D eigenvalue weighted by molar-refractivity contribution is 5.89. The maximum atomic E-state index is 14.7. The first-order valence-electron chi connectivity index (χ1n) is 9.54. The third kappa shape index (κ3) is 2.94. The number of halogens is 1. The third-order valence-corrected chi connectivity index (χ3v) is 5.89. The van der Waals surface area contributed by atoms with E-state index in [4.69, 9.17) is 0 Å². The zero-order chi connectivity index (χ0) is 19.3. The molecule has 28 heavy (non-hydrogen) atoms. The first kappa shape index (κ1) is 17.3. The minimum Gasteiger partial charge on any atom is -0.507 e. The van der Waals surface area contributed by atoms with Gasteiger partial charge in [0.1, 0.15) is 11.9 Å². The molecule has 0 aliphatic carbocycles. The fraction of sp³-hybridized carbons (Fsp3) is 0.318. The van der Waals surface area contributed by atoms with Crippen LogP contribution < -0.4 is 5.32 Å². The Hall–Kier alpha value is -2.86. The normalized spacial score (nSPS) is 28.1. The van der Waals surface area contributed by atoms with E-state index >= 15 is 0 Å². The van der Waals surface area contributed by atoms with Crippen molar-refractivity contribution in [1.29, 1.82) is 0 Å². The number of phenolic OH excluding ortho intramolecular Hbond substituents is 1. The Morgan fingerprint density at radius 1 is 1.21 bits per heavy atom. The van der Waals surface area contributed by atoms with Crippen molar-refractivity contribution in [3.63, 3.8) is 0 Å². The average Bonchev–Trinajstić information content (AvgIpc) is 3.04. The topological polar surface area (TPSA) is 70.9 Å². The van der Waals surface area contributed by atoms with Gasteiger partial charge >= 0.3 is 0 Å². The van der Waals surface area contributed by atoms with Crippen LogP contribution in [0.25, 0.3) is 28.1 Å². The molecule has 1 aromatic carbocycles. The number of alkyl halides is 1. The van der Waals surface area contributed by atoms with Crippen molar-refractivity contribution in [2.75, 3.05) is 0 Å². The molecule has 0 spiro atoms. The number of pyridine rings is 1. The summed E-state index contributed by atoms with van der Waals surface area (Å²) in [6, 6.07) is 8.97. The lowest BCUT2D eigenvalue weighted by Crippen LogP contribution is -2.50. The number of rotatable bonds is 2. The van der Waals surface area contributed by atoms with E-state index in [0.29, 0.717) is 23.4 Å². The summed E-state index contributed by atoms with van der Waals surface area (Å²) in [5.41, 5.74) is 2.59. The lowest BCUT2D eigenvalue weighted by atomic mass is 9.87. The van der Waals surface area contributed by atoms with E-state index < -0.39 is 6.17 Å². The lowest BCUT2D eigenvalue weighted by Gasteiger charge is -2.35. The van der Waals surface area contributed by atoms with Crippen molar-refractivity contribution in [3.8, 4) is 17.0 Å². The van der Waals surface area contributed by atoms with E-state index in [1.807, 2.05) is 30.3 Å². The maximum Gasteiger partial charge on any atom is 0.137 e. The van der Waals surface area contributed by atoms with Crippen LogP contribution in [0.1, 0.15) is 31.9 Å². The quantitative estimate of drug-likeness (QED) is 0.707. The minimum absolute atomic E-state index is 0.0157. The maximum absolute atomic E-state index is 14.7. The van der Waals surface area contributed by atoms with Crippen molar-refractivity contribution < 1.29 is 9.50 Å². The molecule has 2 bridgehead atoms. The average molecular weight is 376 g/mol. The smallest absolute Gasteiger partial charge is 0.137 e. The molecule has 0 saturated carbocycles. The molecule has 2 aliphatic rings. The molecule has 2 aliphatic heterocycles. The van der Waals surface area contributed by atoms with Gasteiger partial charge in [0.15, 0.2) is 0 Å². The van der Waals surface area contributed by atoms with Crippen LogP contribution in [0.3, 0.4) is 0 Å². The summed E-state index contributed by atoms with van der Waals surface area (Å²) in [5.74, 6) is 0.132.